The maximum Gasteiger partial charge on any atom is 0.121 e. The number of nitrogens with two attached hydrogens (primary N) is 1. The summed E-state index contributed by atoms with van der Waals surface area (Å²) < 4.78 is 0. The monoisotopic (exact) mass is 268 g/mol. The van der Waals surface area contributed by atoms with E-state index in [-0.39, 0.29) is 5.75 Å². The summed E-state index contributed by atoms with van der Waals surface area (Å²) in [6, 6.07) is 6.16. The Balaban J connectivity index is 2.20. The Morgan fingerprint density at radius 1 is 1.44 bits per heavy atom. The molecule has 100 valence electrons. The summed E-state index contributed by atoms with van der Waals surface area (Å²) in [4.78, 5) is 2.37. The molecule has 2 unspecified atom stereocenters. The minimum atomic E-state index is 0.274. The summed E-state index contributed by atoms with van der Waals surface area (Å²) in [6.45, 7) is 3.56. The summed E-state index contributed by atoms with van der Waals surface area (Å²) in [5.74, 6) is 0.274. The van der Waals surface area contributed by atoms with E-state index >= 15 is 0 Å². The van der Waals surface area contributed by atoms with Gasteiger partial charge < -0.3 is 10.8 Å². The number of benzene rings is 1. The van der Waals surface area contributed by atoms with Crippen molar-refractivity contribution in [1.82, 2.24) is 4.90 Å². The Kier molecular flexibility index (Phi) is 4.49. The second-order valence-electron chi connectivity index (χ2n) is 5.08. The van der Waals surface area contributed by atoms with E-state index in [2.05, 4.69) is 11.8 Å². The third kappa shape index (κ3) is 2.79. The van der Waals surface area contributed by atoms with Crippen molar-refractivity contribution >= 4 is 11.6 Å². The molecule has 1 heterocycles. The van der Waals surface area contributed by atoms with Gasteiger partial charge in [0, 0.05) is 35.8 Å². The lowest BCUT2D eigenvalue weighted by Crippen LogP contribution is -2.48. The molecule has 0 radical (unpaired) electrons. The zero-order valence-corrected chi connectivity index (χ0v) is 11.5. The van der Waals surface area contributed by atoms with Crippen LogP contribution in [-0.2, 0) is 6.54 Å². The number of halogens is 1. The van der Waals surface area contributed by atoms with E-state index in [0.717, 1.165) is 12.0 Å². The summed E-state index contributed by atoms with van der Waals surface area (Å²) >= 11 is 6.17. The topological polar surface area (TPSA) is 49.5 Å². The van der Waals surface area contributed by atoms with Gasteiger partial charge in [-0.1, -0.05) is 24.1 Å². The van der Waals surface area contributed by atoms with Crippen LogP contribution in [0.3, 0.4) is 0 Å². The van der Waals surface area contributed by atoms with Crippen molar-refractivity contribution in [2.45, 2.75) is 44.8 Å². The van der Waals surface area contributed by atoms with Gasteiger partial charge in [-0.3, -0.25) is 4.90 Å². The van der Waals surface area contributed by atoms with E-state index < -0.39 is 0 Å². The fourth-order valence-corrected chi connectivity index (χ4v) is 2.99. The average Bonchev–Trinajstić information content (AvgIpc) is 2.35. The number of piperidine rings is 1. The lowest BCUT2D eigenvalue weighted by atomic mass is 9.95. The lowest BCUT2D eigenvalue weighted by molar-refractivity contribution is 0.0884. The van der Waals surface area contributed by atoms with E-state index in [1.54, 1.807) is 12.1 Å². The molecule has 4 heteroatoms. The number of hydrogen-bond donors (Lipinski definition) is 2. The van der Waals surface area contributed by atoms with E-state index in [0.29, 0.717) is 30.2 Å². The first-order valence-electron chi connectivity index (χ1n) is 6.55. The van der Waals surface area contributed by atoms with Crippen molar-refractivity contribution in [1.29, 1.82) is 0 Å². The molecule has 0 spiro atoms. The highest BCUT2D eigenvalue weighted by Crippen LogP contribution is 2.31. The quantitative estimate of drug-likeness (QED) is 0.886. The van der Waals surface area contributed by atoms with Crippen molar-refractivity contribution in [2.24, 2.45) is 5.73 Å². The van der Waals surface area contributed by atoms with Gasteiger partial charge in [0.25, 0.3) is 0 Å². The molecule has 18 heavy (non-hydrogen) atoms. The van der Waals surface area contributed by atoms with Crippen LogP contribution in [0.15, 0.2) is 18.2 Å². The van der Waals surface area contributed by atoms with Gasteiger partial charge in [-0.15, -0.1) is 0 Å². The summed E-state index contributed by atoms with van der Waals surface area (Å²) in [5, 5.41) is 10.6. The molecule has 0 aromatic heterocycles. The van der Waals surface area contributed by atoms with E-state index in [1.165, 1.54) is 12.8 Å². The fraction of sp³-hybridized carbons (Fsp3) is 0.571. The van der Waals surface area contributed by atoms with Crippen molar-refractivity contribution in [3.8, 4) is 5.75 Å². The molecule has 1 saturated heterocycles. The highest BCUT2D eigenvalue weighted by Gasteiger charge is 2.27. The third-order valence-corrected chi connectivity index (χ3v) is 4.26. The van der Waals surface area contributed by atoms with Crippen LogP contribution in [0.5, 0.6) is 5.75 Å². The third-order valence-electron chi connectivity index (χ3n) is 3.90. The van der Waals surface area contributed by atoms with Crippen LogP contribution < -0.4 is 5.73 Å². The Labute approximate surface area is 114 Å². The first-order chi connectivity index (χ1) is 8.63. The number of phenolic OH excluding ortho intramolecular Hbond substituents is 1. The van der Waals surface area contributed by atoms with Crippen molar-refractivity contribution in [2.75, 3.05) is 6.54 Å². The Bertz CT molecular complexity index is 391. The molecule has 3 N–H and O–H groups in total. The molecule has 0 bridgehead atoms. The van der Waals surface area contributed by atoms with E-state index in [9.17, 15) is 5.11 Å². The zero-order valence-electron chi connectivity index (χ0n) is 10.8. The van der Waals surface area contributed by atoms with Gasteiger partial charge in [-0.2, -0.15) is 0 Å². The van der Waals surface area contributed by atoms with E-state index in [1.807, 2.05) is 6.07 Å². The van der Waals surface area contributed by atoms with E-state index in [4.69, 9.17) is 17.3 Å². The second-order valence-corrected chi connectivity index (χ2v) is 5.49. The van der Waals surface area contributed by atoms with Crippen LogP contribution in [0.2, 0.25) is 5.02 Å². The summed E-state index contributed by atoms with van der Waals surface area (Å²) in [5.41, 5.74) is 6.66. The van der Waals surface area contributed by atoms with Crippen LogP contribution in [-0.4, -0.2) is 28.6 Å². The number of nitrogens with zero attached hydrogens (tertiary/aromatic N) is 1. The zero-order chi connectivity index (χ0) is 13.1. The molecule has 2 rings (SSSR count). The van der Waals surface area contributed by atoms with Gasteiger partial charge in [0.05, 0.1) is 0 Å². The Morgan fingerprint density at radius 3 is 2.89 bits per heavy atom. The number of rotatable bonds is 3. The predicted octanol–water partition coefficient (Wildman–Crippen LogP) is 2.75. The maximum absolute atomic E-state index is 9.92. The molecule has 2 atom stereocenters. The Hall–Kier alpha value is -0.770. The molecular weight excluding hydrogens is 248 g/mol. The smallest absolute Gasteiger partial charge is 0.121 e. The highest BCUT2D eigenvalue weighted by molar-refractivity contribution is 6.31. The summed E-state index contributed by atoms with van der Waals surface area (Å²) in [6.07, 6.45) is 3.54. The number of aromatic hydroxyl groups is 1. The average molecular weight is 269 g/mol. The summed E-state index contributed by atoms with van der Waals surface area (Å²) in [7, 11) is 0. The SMILES string of the molecule is CC1CCCC(CN)N1Cc1c(O)cccc1Cl. The normalized spacial score (nSPS) is 25.3. The standard InChI is InChI=1S/C14H21ClN2O/c1-10-4-2-5-11(8-16)17(10)9-12-13(15)6-3-7-14(12)18/h3,6-7,10-11,18H,2,4-5,8-9,16H2,1H3. The van der Waals surface area contributed by atoms with Crippen LogP contribution in [0, 0.1) is 0 Å². The van der Waals surface area contributed by atoms with Gasteiger partial charge in [0.15, 0.2) is 0 Å². The fourth-order valence-electron chi connectivity index (χ4n) is 2.76. The van der Waals surface area contributed by atoms with Crippen LogP contribution in [0.25, 0.3) is 0 Å². The number of hydrogen-bond acceptors (Lipinski definition) is 3. The lowest BCUT2D eigenvalue weighted by Gasteiger charge is -2.40. The van der Waals surface area contributed by atoms with Crippen molar-refractivity contribution in [3.05, 3.63) is 28.8 Å². The maximum atomic E-state index is 9.92. The first kappa shape index (κ1) is 13.7. The molecule has 1 aromatic carbocycles. The van der Waals surface area contributed by atoms with Crippen LogP contribution in [0.4, 0.5) is 0 Å². The molecule has 1 aromatic rings. The molecule has 0 saturated carbocycles. The molecule has 0 amide bonds. The van der Waals surface area contributed by atoms with Gasteiger partial charge in [-0.05, 0) is 31.9 Å². The van der Waals surface area contributed by atoms with Crippen LogP contribution in [0.1, 0.15) is 31.7 Å². The minimum Gasteiger partial charge on any atom is -0.508 e. The molecule has 3 nitrogen and oxygen atoms in total. The van der Waals surface area contributed by atoms with Crippen molar-refractivity contribution in [3.63, 3.8) is 0 Å². The van der Waals surface area contributed by atoms with Crippen molar-refractivity contribution < 1.29 is 5.11 Å². The minimum absolute atomic E-state index is 0.274. The highest BCUT2D eigenvalue weighted by atomic mass is 35.5. The number of phenols is 1. The molecule has 1 aliphatic rings. The first-order valence-corrected chi connectivity index (χ1v) is 6.93. The largest absolute Gasteiger partial charge is 0.508 e. The van der Waals surface area contributed by atoms with Gasteiger partial charge >= 0.3 is 0 Å². The molecule has 1 fully saturated rings. The second kappa shape index (κ2) is 5.91. The molecular formula is C14H21ClN2O. The van der Waals surface area contributed by atoms with Gasteiger partial charge in [0.2, 0.25) is 0 Å². The molecule has 0 aliphatic carbocycles. The predicted molar refractivity (Wildman–Crippen MR) is 74.8 cm³/mol. The van der Waals surface area contributed by atoms with Gasteiger partial charge in [-0.25, -0.2) is 0 Å². The van der Waals surface area contributed by atoms with Crippen LogP contribution >= 0.6 is 11.6 Å². The molecule has 1 aliphatic heterocycles. The van der Waals surface area contributed by atoms with Gasteiger partial charge in [0.1, 0.15) is 5.75 Å². The Morgan fingerprint density at radius 2 is 2.22 bits per heavy atom. The number of likely N-dealkylation sites (tertiary alicyclic amines) is 1.